The van der Waals surface area contributed by atoms with E-state index in [2.05, 4.69) is 6.07 Å². The molecule has 0 bridgehead atoms. The second-order valence-electron chi connectivity index (χ2n) is 4.06. The quantitative estimate of drug-likeness (QED) is 0.712. The van der Waals surface area contributed by atoms with E-state index in [1.54, 1.807) is 0 Å². The Hall–Kier alpha value is -0.630. The second kappa shape index (κ2) is 4.74. The molecule has 14 heavy (non-hydrogen) atoms. The molecule has 0 aliphatic carbocycles. The minimum atomic E-state index is -0.669. The van der Waals surface area contributed by atoms with Crippen LogP contribution in [0.15, 0.2) is 0 Å². The van der Waals surface area contributed by atoms with Crippen LogP contribution in [0.5, 0.6) is 0 Å². The highest BCUT2D eigenvalue weighted by Gasteiger charge is 2.31. The number of hydrogen-bond acceptors (Lipinski definition) is 4. The summed E-state index contributed by atoms with van der Waals surface area (Å²) >= 11 is 0. The fourth-order valence-corrected chi connectivity index (χ4v) is 1.61. The van der Waals surface area contributed by atoms with Crippen LogP contribution in [0.4, 0.5) is 0 Å². The van der Waals surface area contributed by atoms with Gasteiger partial charge in [-0.3, -0.25) is 4.90 Å². The molecular weight excluding hydrogens is 180 g/mol. The van der Waals surface area contributed by atoms with E-state index in [0.29, 0.717) is 32.6 Å². The molecule has 80 valence electrons. The lowest BCUT2D eigenvalue weighted by Gasteiger charge is -2.36. The normalized spacial score (nSPS) is 23.1. The maximum Gasteiger partial charge on any atom is 0.0947 e. The molecule has 1 aliphatic heterocycles. The summed E-state index contributed by atoms with van der Waals surface area (Å²) in [6, 6.07) is 2.00. The minimum absolute atomic E-state index is 0.151. The predicted octanol–water partition coefficient (Wildman–Crippen LogP) is 0.372. The summed E-state index contributed by atoms with van der Waals surface area (Å²) in [6.45, 7) is 3.62. The maximum absolute atomic E-state index is 10.2. The smallest absolute Gasteiger partial charge is 0.0947 e. The Bertz CT molecular complexity index is 219. The first kappa shape index (κ1) is 11.4. The number of ether oxygens (including phenoxy) is 1. The molecule has 0 amide bonds. The van der Waals surface area contributed by atoms with Gasteiger partial charge in [0, 0.05) is 32.6 Å². The van der Waals surface area contributed by atoms with E-state index in [1.807, 2.05) is 18.9 Å². The number of likely N-dealkylation sites (N-methyl/N-ethyl adjacent to an activating group) is 1. The maximum atomic E-state index is 10.2. The summed E-state index contributed by atoms with van der Waals surface area (Å²) in [5.41, 5.74) is -0.669. The zero-order valence-corrected chi connectivity index (χ0v) is 8.86. The van der Waals surface area contributed by atoms with Crippen molar-refractivity contribution in [3.63, 3.8) is 0 Å². The topological polar surface area (TPSA) is 56.5 Å². The van der Waals surface area contributed by atoms with E-state index in [9.17, 15) is 5.11 Å². The summed E-state index contributed by atoms with van der Waals surface area (Å²) in [5.74, 6) is 0. The van der Waals surface area contributed by atoms with Crippen LogP contribution in [0.2, 0.25) is 0 Å². The zero-order valence-electron chi connectivity index (χ0n) is 8.86. The third kappa shape index (κ3) is 2.95. The van der Waals surface area contributed by atoms with Crippen molar-refractivity contribution in [3.05, 3.63) is 0 Å². The molecule has 4 heteroatoms. The van der Waals surface area contributed by atoms with E-state index < -0.39 is 5.60 Å². The lowest BCUT2D eigenvalue weighted by molar-refractivity contribution is -0.0786. The first-order chi connectivity index (χ1) is 6.57. The summed E-state index contributed by atoms with van der Waals surface area (Å²) < 4.78 is 5.19. The van der Waals surface area contributed by atoms with E-state index in [-0.39, 0.29) is 6.04 Å². The average Bonchev–Trinajstić information content (AvgIpc) is 2.17. The monoisotopic (exact) mass is 198 g/mol. The first-order valence-electron chi connectivity index (χ1n) is 4.97. The van der Waals surface area contributed by atoms with Crippen LogP contribution in [-0.4, -0.2) is 48.5 Å². The lowest BCUT2D eigenvalue weighted by atomic mass is 9.93. The molecule has 1 atom stereocenters. The van der Waals surface area contributed by atoms with Crippen molar-refractivity contribution in [2.75, 3.05) is 26.8 Å². The molecular formula is C10H18N2O2. The highest BCUT2D eigenvalue weighted by atomic mass is 16.5. The summed E-state index contributed by atoms with van der Waals surface area (Å²) in [7, 11) is 1.86. The van der Waals surface area contributed by atoms with Gasteiger partial charge in [0.25, 0.3) is 0 Å². The lowest BCUT2D eigenvalue weighted by Crippen LogP contribution is -2.47. The van der Waals surface area contributed by atoms with Crippen LogP contribution in [0, 0.1) is 11.3 Å². The minimum Gasteiger partial charge on any atom is -0.388 e. The van der Waals surface area contributed by atoms with Gasteiger partial charge in [-0.1, -0.05) is 0 Å². The van der Waals surface area contributed by atoms with Crippen LogP contribution >= 0.6 is 0 Å². The number of nitriles is 1. The van der Waals surface area contributed by atoms with Crippen molar-refractivity contribution in [1.82, 2.24) is 4.90 Å². The van der Waals surface area contributed by atoms with Crippen LogP contribution in [0.1, 0.15) is 19.8 Å². The number of aliphatic hydroxyl groups is 1. The summed E-state index contributed by atoms with van der Waals surface area (Å²) in [6.07, 6.45) is 1.32. The largest absolute Gasteiger partial charge is 0.388 e. The standard InChI is InChI=1S/C10H18N2O2/c1-9(7-11)12(2)8-10(13)3-5-14-6-4-10/h9,13H,3-6,8H2,1-2H3. The van der Waals surface area contributed by atoms with Crippen molar-refractivity contribution >= 4 is 0 Å². The number of nitrogens with zero attached hydrogens (tertiary/aromatic N) is 2. The summed E-state index contributed by atoms with van der Waals surface area (Å²) in [5, 5.41) is 18.9. The molecule has 1 aliphatic rings. The fourth-order valence-electron chi connectivity index (χ4n) is 1.61. The molecule has 1 fully saturated rings. The average molecular weight is 198 g/mol. The zero-order chi connectivity index (χ0) is 10.6. The van der Waals surface area contributed by atoms with E-state index >= 15 is 0 Å². The number of hydrogen-bond donors (Lipinski definition) is 1. The van der Waals surface area contributed by atoms with Gasteiger partial charge in [-0.25, -0.2) is 0 Å². The molecule has 1 unspecified atom stereocenters. The van der Waals surface area contributed by atoms with Crippen LogP contribution in [0.3, 0.4) is 0 Å². The Morgan fingerprint density at radius 2 is 2.14 bits per heavy atom. The van der Waals surface area contributed by atoms with Crippen molar-refractivity contribution < 1.29 is 9.84 Å². The summed E-state index contributed by atoms with van der Waals surface area (Å²) in [4.78, 5) is 1.88. The van der Waals surface area contributed by atoms with Crippen molar-refractivity contribution in [2.24, 2.45) is 0 Å². The molecule has 0 spiro atoms. The molecule has 1 heterocycles. The molecule has 0 saturated carbocycles. The molecule has 4 nitrogen and oxygen atoms in total. The Labute approximate surface area is 85.1 Å². The highest BCUT2D eigenvalue weighted by molar-refractivity contribution is 4.91. The van der Waals surface area contributed by atoms with Gasteiger partial charge in [-0.15, -0.1) is 0 Å². The molecule has 0 aromatic heterocycles. The molecule has 0 aromatic carbocycles. The van der Waals surface area contributed by atoms with Gasteiger partial charge in [0.15, 0.2) is 0 Å². The van der Waals surface area contributed by atoms with Crippen LogP contribution in [-0.2, 0) is 4.74 Å². The Morgan fingerprint density at radius 1 is 1.57 bits per heavy atom. The highest BCUT2D eigenvalue weighted by Crippen LogP contribution is 2.21. The second-order valence-corrected chi connectivity index (χ2v) is 4.06. The van der Waals surface area contributed by atoms with Crippen molar-refractivity contribution in [3.8, 4) is 6.07 Å². The van der Waals surface area contributed by atoms with Gasteiger partial charge in [0.05, 0.1) is 17.7 Å². The van der Waals surface area contributed by atoms with Gasteiger partial charge < -0.3 is 9.84 Å². The van der Waals surface area contributed by atoms with Gasteiger partial charge in [-0.2, -0.15) is 5.26 Å². The van der Waals surface area contributed by atoms with E-state index in [4.69, 9.17) is 10.00 Å². The van der Waals surface area contributed by atoms with Gasteiger partial charge in [0.1, 0.15) is 0 Å². The Balaban J connectivity index is 2.45. The van der Waals surface area contributed by atoms with Crippen LogP contribution in [0.25, 0.3) is 0 Å². The van der Waals surface area contributed by atoms with Gasteiger partial charge in [0.2, 0.25) is 0 Å². The third-order valence-corrected chi connectivity index (χ3v) is 2.82. The van der Waals surface area contributed by atoms with Gasteiger partial charge >= 0.3 is 0 Å². The van der Waals surface area contributed by atoms with E-state index in [0.717, 1.165) is 0 Å². The Morgan fingerprint density at radius 3 is 2.64 bits per heavy atom. The molecule has 1 saturated heterocycles. The number of rotatable bonds is 3. The predicted molar refractivity (Wildman–Crippen MR) is 52.7 cm³/mol. The Kier molecular flexibility index (Phi) is 3.87. The molecule has 0 radical (unpaired) electrons. The first-order valence-corrected chi connectivity index (χ1v) is 4.97. The molecule has 1 N–H and O–H groups in total. The van der Waals surface area contributed by atoms with E-state index in [1.165, 1.54) is 0 Å². The third-order valence-electron chi connectivity index (χ3n) is 2.82. The SMILES string of the molecule is CC(C#N)N(C)CC1(O)CCOCC1. The van der Waals surface area contributed by atoms with Crippen molar-refractivity contribution in [2.45, 2.75) is 31.4 Å². The fraction of sp³-hybridized carbons (Fsp3) is 0.900. The molecule has 0 aromatic rings. The van der Waals surface area contributed by atoms with Gasteiger partial charge in [-0.05, 0) is 14.0 Å². The van der Waals surface area contributed by atoms with Crippen molar-refractivity contribution in [1.29, 1.82) is 5.26 Å². The molecule has 1 rings (SSSR count). The van der Waals surface area contributed by atoms with Crippen LogP contribution < -0.4 is 0 Å².